The van der Waals surface area contributed by atoms with Gasteiger partial charge in [-0.05, 0) is 30.0 Å². The van der Waals surface area contributed by atoms with Gasteiger partial charge in [-0.25, -0.2) is 19.6 Å². The Morgan fingerprint density at radius 3 is 2.56 bits per heavy atom. The van der Waals surface area contributed by atoms with E-state index < -0.39 is 18.3 Å². The molecule has 0 bridgehead atoms. The molecule has 2 atom stereocenters. The zero-order chi connectivity index (χ0) is 29.4. The number of nitrogens with zero attached hydrogens (tertiary/aromatic N) is 4. The Hall–Kier alpha value is -4.09. The van der Waals surface area contributed by atoms with Crippen molar-refractivity contribution < 1.29 is 23.9 Å². The van der Waals surface area contributed by atoms with Gasteiger partial charge in [-0.3, -0.25) is 9.59 Å². The van der Waals surface area contributed by atoms with Crippen molar-refractivity contribution in [3.63, 3.8) is 0 Å². The maximum atomic E-state index is 13.8. The van der Waals surface area contributed by atoms with Gasteiger partial charge >= 0.3 is 12.1 Å². The molecule has 0 aliphatic carbocycles. The highest BCUT2D eigenvalue weighted by molar-refractivity contribution is 6.31. The van der Waals surface area contributed by atoms with Crippen LogP contribution in [0.3, 0.4) is 0 Å². The molecule has 11 nitrogen and oxygen atoms in total. The number of piperazine rings is 1. The molecular weight excluding hydrogens is 548 g/mol. The van der Waals surface area contributed by atoms with Crippen molar-refractivity contribution in [2.75, 3.05) is 33.3 Å². The highest BCUT2D eigenvalue weighted by Gasteiger charge is 2.50. The Labute approximate surface area is 244 Å². The molecule has 0 unspecified atom stereocenters. The van der Waals surface area contributed by atoms with Crippen molar-refractivity contribution in [2.45, 2.75) is 38.1 Å². The van der Waals surface area contributed by atoms with Crippen LogP contribution >= 0.6 is 11.6 Å². The molecule has 2 aliphatic rings. The lowest BCUT2D eigenvalue weighted by Crippen LogP contribution is -2.75. The van der Waals surface area contributed by atoms with Crippen LogP contribution in [0.1, 0.15) is 24.0 Å². The molecule has 0 radical (unpaired) electrons. The summed E-state index contributed by atoms with van der Waals surface area (Å²) in [6.07, 6.45) is 0.842. The first kappa shape index (κ1) is 29.9. The van der Waals surface area contributed by atoms with Gasteiger partial charge in [-0.15, -0.1) is 0 Å². The average Bonchev–Trinajstić information content (AvgIpc) is 2.96. The number of hydrogen-bond donors (Lipinski definition) is 2. The number of alkyl carbamates (subject to hydrolysis) is 1. The number of rotatable bonds is 10. The summed E-state index contributed by atoms with van der Waals surface area (Å²) in [5.41, 5.74) is 1.70. The van der Waals surface area contributed by atoms with Crippen LogP contribution in [-0.4, -0.2) is 89.3 Å². The second-order valence-electron chi connectivity index (χ2n) is 9.87. The molecule has 4 rings (SSSR count). The monoisotopic (exact) mass is 582 g/mol. The molecule has 2 N–H and O–H groups in total. The average molecular weight is 583 g/mol. The molecule has 0 spiro atoms. The zero-order valence-electron chi connectivity index (χ0n) is 23.0. The van der Waals surface area contributed by atoms with E-state index in [1.54, 1.807) is 23.0 Å². The lowest BCUT2D eigenvalue weighted by atomic mass is 10.0. The van der Waals surface area contributed by atoms with E-state index in [4.69, 9.17) is 16.3 Å². The first-order valence-corrected chi connectivity index (χ1v) is 13.8. The van der Waals surface area contributed by atoms with Crippen molar-refractivity contribution in [3.8, 4) is 0 Å². The second kappa shape index (κ2) is 14.0. The summed E-state index contributed by atoms with van der Waals surface area (Å²) in [6.45, 7) is 4.43. The fourth-order valence-electron chi connectivity index (χ4n) is 5.08. The minimum atomic E-state index is -0.826. The SMILES string of the molecule is C=CCOC(=O)NCCC[C@H]1C(=O)N(Cc2ccccc2Cl)C[C@H]2N1C(=O)CN(C)N2C(=O)NCc1ccccc1. The molecule has 41 heavy (non-hydrogen) atoms. The third-order valence-corrected chi connectivity index (χ3v) is 7.38. The quantitative estimate of drug-likeness (QED) is 0.329. The topological polar surface area (TPSA) is 115 Å². The van der Waals surface area contributed by atoms with Gasteiger partial charge in [0.05, 0.1) is 13.1 Å². The maximum Gasteiger partial charge on any atom is 0.407 e. The van der Waals surface area contributed by atoms with Crippen molar-refractivity contribution in [1.82, 2.24) is 30.5 Å². The molecule has 0 aromatic heterocycles. The predicted octanol–water partition coefficient (Wildman–Crippen LogP) is 2.97. The van der Waals surface area contributed by atoms with Gasteiger partial charge in [0.2, 0.25) is 11.8 Å². The number of hydrogen-bond acceptors (Lipinski definition) is 6. The highest BCUT2D eigenvalue weighted by Crippen LogP contribution is 2.29. The fraction of sp³-hybridized carbons (Fsp3) is 0.379. The fourth-order valence-corrected chi connectivity index (χ4v) is 5.28. The minimum Gasteiger partial charge on any atom is -0.445 e. The van der Waals surface area contributed by atoms with E-state index in [-0.39, 0.29) is 57.1 Å². The normalized spacial score (nSPS) is 19.0. The summed E-state index contributed by atoms with van der Waals surface area (Å²) in [6, 6.07) is 15.6. The second-order valence-corrected chi connectivity index (χ2v) is 10.3. The molecule has 2 fully saturated rings. The van der Waals surface area contributed by atoms with Crippen LogP contribution in [-0.2, 0) is 27.4 Å². The van der Waals surface area contributed by atoms with Gasteiger partial charge in [0.1, 0.15) is 18.8 Å². The number of halogens is 1. The van der Waals surface area contributed by atoms with Gasteiger partial charge < -0.3 is 25.2 Å². The summed E-state index contributed by atoms with van der Waals surface area (Å²) in [5, 5.41) is 9.20. The summed E-state index contributed by atoms with van der Waals surface area (Å²) >= 11 is 6.41. The minimum absolute atomic E-state index is 0.0598. The molecule has 2 aromatic rings. The summed E-state index contributed by atoms with van der Waals surface area (Å²) in [5.74, 6) is -0.489. The van der Waals surface area contributed by atoms with Gasteiger partial charge in [-0.1, -0.05) is 72.8 Å². The first-order valence-electron chi connectivity index (χ1n) is 13.5. The van der Waals surface area contributed by atoms with Gasteiger partial charge in [0.15, 0.2) is 0 Å². The standard InChI is InChI=1S/C29H35ClN6O5/c1-3-16-41-29(40)31-15-9-14-24-27(38)34(18-22-12-7-8-13-23(22)30)19-25-35(24)26(37)20-33(2)36(25)28(39)32-17-21-10-5-4-6-11-21/h3-8,10-13,24-25H,1,9,14-20H2,2H3,(H,31,40)(H,32,39)/t24-,25-/m0/s1. The molecule has 5 amide bonds. The number of urea groups is 1. The molecule has 218 valence electrons. The van der Waals surface area contributed by atoms with E-state index in [9.17, 15) is 19.2 Å². The van der Waals surface area contributed by atoms with Crippen LogP contribution in [0.25, 0.3) is 0 Å². The molecule has 12 heteroatoms. The number of carbonyl (C=O) groups excluding carboxylic acids is 4. The predicted molar refractivity (Wildman–Crippen MR) is 153 cm³/mol. The number of hydrazine groups is 1. The summed E-state index contributed by atoms with van der Waals surface area (Å²) < 4.78 is 4.93. The molecule has 2 aromatic carbocycles. The van der Waals surface area contributed by atoms with E-state index in [0.717, 1.165) is 11.1 Å². The first-order chi connectivity index (χ1) is 19.8. The van der Waals surface area contributed by atoms with Gasteiger partial charge in [0, 0.05) is 31.7 Å². The van der Waals surface area contributed by atoms with Crippen molar-refractivity contribution in [3.05, 3.63) is 83.4 Å². The Bertz CT molecular complexity index is 1260. The molecule has 0 saturated carbocycles. The Morgan fingerprint density at radius 2 is 1.83 bits per heavy atom. The Balaban J connectivity index is 1.55. The van der Waals surface area contributed by atoms with Crippen LogP contribution < -0.4 is 10.6 Å². The van der Waals surface area contributed by atoms with E-state index in [1.165, 1.54) is 16.0 Å². The van der Waals surface area contributed by atoms with Crippen molar-refractivity contribution in [1.29, 1.82) is 0 Å². The van der Waals surface area contributed by atoms with Crippen molar-refractivity contribution >= 4 is 35.5 Å². The third kappa shape index (κ3) is 7.36. The van der Waals surface area contributed by atoms with E-state index in [0.29, 0.717) is 18.0 Å². The zero-order valence-corrected chi connectivity index (χ0v) is 23.8. The number of carbonyl (C=O) groups is 4. The molecule has 2 saturated heterocycles. The van der Waals surface area contributed by atoms with Gasteiger partial charge in [0.25, 0.3) is 0 Å². The smallest absolute Gasteiger partial charge is 0.407 e. The molecular formula is C29H35ClN6O5. The summed E-state index contributed by atoms with van der Waals surface area (Å²) in [7, 11) is 1.68. The van der Waals surface area contributed by atoms with E-state index in [1.807, 2.05) is 48.5 Å². The summed E-state index contributed by atoms with van der Waals surface area (Å²) in [4.78, 5) is 55.7. The number of nitrogens with one attached hydrogen (secondary N) is 2. The highest BCUT2D eigenvalue weighted by atomic mass is 35.5. The van der Waals surface area contributed by atoms with Gasteiger partial charge in [-0.2, -0.15) is 0 Å². The Morgan fingerprint density at radius 1 is 1.10 bits per heavy atom. The van der Waals surface area contributed by atoms with E-state index >= 15 is 0 Å². The van der Waals surface area contributed by atoms with E-state index in [2.05, 4.69) is 17.2 Å². The number of amides is 5. The number of likely N-dealkylation sites (N-methyl/N-ethyl adjacent to an activating group) is 1. The largest absolute Gasteiger partial charge is 0.445 e. The Kier molecular flexibility index (Phi) is 10.2. The number of ether oxygens (including phenoxy) is 1. The maximum absolute atomic E-state index is 13.8. The lowest BCUT2D eigenvalue weighted by Gasteiger charge is -2.54. The van der Waals surface area contributed by atoms with Crippen LogP contribution in [0.2, 0.25) is 5.02 Å². The number of fused-ring (bicyclic) bond motifs is 1. The molecule has 2 heterocycles. The number of benzene rings is 2. The van der Waals surface area contributed by atoms with Crippen molar-refractivity contribution in [2.24, 2.45) is 0 Å². The van der Waals surface area contributed by atoms with Crippen LogP contribution in [0.15, 0.2) is 67.3 Å². The lowest BCUT2D eigenvalue weighted by molar-refractivity contribution is -0.188. The third-order valence-electron chi connectivity index (χ3n) is 7.01. The van der Waals surface area contributed by atoms with Crippen LogP contribution in [0.4, 0.5) is 9.59 Å². The van der Waals surface area contributed by atoms with Crippen LogP contribution in [0.5, 0.6) is 0 Å². The van der Waals surface area contributed by atoms with Crippen LogP contribution in [0, 0.1) is 0 Å². The molecule has 2 aliphatic heterocycles.